The zero-order chi connectivity index (χ0) is 13.8. The Balaban J connectivity index is 1.75. The molecule has 1 aliphatic heterocycles. The molecule has 1 amide bonds. The molecule has 0 N–H and O–H groups in total. The minimum Gasteiger partial charge on any atom is -0.278 e. The highest BCUT2D eigenvalue weighted by Crippen LogP contribution is 2.20. The van der Waals surface area contributed by atoms with Crippen LogP contribution >= 0.6 is 0 Å². The number of amides is 1. The monoisotopic (exact) mass is 262 g/mol. The first-order chi connectivity index (χ1) is 9.83. The fourth-order valence-electron chi connectivity index (χ4n) is 2.23. The molecule has 0 fully saturated rings. The summed E-state index contributed by atoms with van der Waals surface area (Å²) in [4.78, 5) is 19.5. The summed E-state index contributed by atoms with van der Waals surface area (Å²) in [6.45, 7) is 0. The number of nitrogens with zero attached hydrogens (tertiary/aromatic N) is 2. The zero-order valence-electron chi connectivity index (χ0n) is 10.9. The Morgan fingerprint density at radius 1 is 0.850 bits per heavy atom. The second-order valence-corrected chi connectivity index (χ2v) is 4.70. The third kappa shape index (κ3) is 2.72. The van der Waals surface area contributed by atoms with E-state index in [4.69, 9.17) is 0 Å². The van der Waals surface area contributed by atoms with Crippen LogP contribution in [-0.2, 0) is 11.2 Å². The standard InChI is InChI=1S/C17H14N2O/c20-17-16(18-10-11-19-17)12-13-6-8-15(9-7-13)14-4-2-1-3-5-14/h1-11,16H,12H2. The summed E-state index contributed by atoms with van der Waals surface area (Å²) in [6, 6.07) is 18.1. The van der Waals surface area contributed by atoms with Gasteiger partial charge in [-0.15, -0.1) is 0 Å². The van der Waals surface area contributed by atoms with Gasteiger partial charge in [-0.1, -0.05) is 54.6 Å². The number of rotatable bonds is 3. The summed E-state index contributed by atoms with van der Waals surface area (Å²) in [5.41, 5.74) is 3.46. The van der Waals surface area contributed by atoms with E-state index >= 15 is 0 Å². The third-order valence-electron chi connectivity index (χ3n) is 3.31. The summed E-state index contributed by atoms with van der Waals surface area (Å²) < 4.78 is 0. The van der Waals surface area contributed by atoms with Crippen LogP contribution in [-0.4, -0.2) is 24.4 Å². The van der Waals surface area contributed by atoms with Crippen LogP contribution in [0.1, 0.15) is 5.56 Å². The van der Waals surface area contributed by atoms with Gasteiger partial charge >= 0.3 is 0 Å². The van der Waals surface area contributed by atoms with Crippen molar-refractivity contribution in [3.8, 4) is 11.1 Å². The van der Waals surface area contributed by atoms with Crippen LogP contribution < -0.4 is 0 Å². The molecule has 0 spiro atoms. The van der Waals surface area contributed by atoms with Gasteiger partial charge < -0.3 is 0 Å². The van der Waals surface area contributed by atoms with Gasteiger partial charge in [-0.25, -0.2) is 4.99 Å². The van der Waals surface area contributed by atoms with Crippen molar-refractivity contribution in [3.05, 3.63) is 60.2 Å². The average molecular weight is 262 g/mol. The average Bonchev–Trinajstić information content (AvgIpc) is 2.51. The van der Waals surface area contributed by atoms with Crippen LogP contribution in [0.5, 0.6) is 0 Å². The predicted octanol–water partition coefficient (Wildman–Crippen LogP) is 2.95. The lowest BCUT2D eigenvalue weighted by Crippen LogP contribution is -2.22. The highest BCUT2D eigenvalue weighted by molar-refractivity contribution is 6.21. The van der Waals surface area contributed by atoms with Crippen LogP contribution in [0, 0.1) is 0 Å². The SMILES string of the molecule is O=C1N=CC=NC1Cc1ccc(-c2ccccc2)cc1. The van der Waals surface area contributed by atoms with Crippen LogP contribution in [0.2, 0.25) is 0 Å². The maximum atomic E-state index is 11.6. The smallest absolute Gasteiger partial charge is 0.270 e. The van der Waals surface area contributed by atoms with Crippen LogP contribution in [0.25, 0.3) is 11.1 Å². The molecule has 0 saturated carbocycles. The maximum Gasteiger partial charge on any atom is 0.270 e. The van der Waals surface area contributed by atoms with E-state index in [1.165, 1.54) is 17.3 Å². The molecular weight excluding hydrogens is 248 g/mol. The van der Waals surface area contributed by atoms with E-state index in [0.717, 1.165) is 5.56 Å². The van der Waals surface area contributed by atoms with Crippen molar-refractivity contribution in [2.45, 2.75) is 12.5 Å². The maximum absolute atomic E-state index is 11.6. The van der Waals surface area contributed by atoms with Crippen molar-refractivity contribution < 1.29 is 4.79 Å². The lowest BCUT2D eigenvalue weighted by atomic mass is 10.0. The molecule has 1 aliphatic rings. The third-order valence-corrected chi connectivity index (χ3v) is 3.31. The highest BCUT2D eigenvalue weighted by atomic mass is 16.1. The Morgan fingerprint density at radius 3 is 2.25 bits per heavy atom. The lowest BCUT2D eigenvalue weighted by Gasteiger charge is -2.11. The Bertz CT molecular complexity index is 657. The molecule has 1 unspecified atom stereocenters. The topological polar surface area (TPSA) is 41.8 Å². The second kappa shape index (κ2) is 5.61. The molecular formula is C17H14N2O. The molecule has 3 heteroatoms. The minimum absolute atomic E-state index is 0.167. The summed E-state index contributed by atoms with van der Waals surface area (Å²) >= 11 is 0. The molecule has 0 radical (unpaired) electrons. The van der Waals surface area contributed by atoms with Gasteiger partial charge in [0.25, 0.3) is 5.91 Å². The van der Waals surface area contributed by atoms with Crippen molar-refractivity contribution in [3.63, 3.8) is 0 Å². The Morgan fingerprint density at radius 2 is 1.55 bits per heavy atom. The Labute approximate surface area is 117 Å². The minimum atomic E-state index is -0.373. The molecule has 2 aromatic rings. The normalized spacial score (nSPS) is 17.4. The lowest BCUT2D eigenvalue weighted by molar-refractivity contribution is -0.118. The molecule has 2 aromatic carbocycles. The van der Waals surface area contributed by atoms with Gasteiger partial charge in [-0.05, 0) is 16.7 Å². The first kappa shape index (κ1) is 12.5. The number of aliphatic imine (C=N–C) groups is 2. The van der Waals surface area contributed by atoms with Gasteiger partial charge in [-0.3, -0.25) is 9.79 Å². The van der Waals surface area contributed by atoms with Gasteiger partial charge in [0.1, 0.15) is 6.04 Å². The van der Waals surface area contributed by atoms with Crippen LogP contribution in [0.15, 0.2) is 64.6 Å². The van der Waals surface area contributed by atoms with E-state index < -0.39 is 0 Å². The molecule has 0 saturated heterocycles. The molecule has 1 heterocycles. The van der Waals surface area contributed by atoms with E-state index in [2.05, 4.69) is 34.3 Å². The predicted molar refractivity (Wildman–Crippen MR) is 81.4 cm³/mol. The van der Waals surface area contributed by atoms with Crippen molar-refractivity contribution in [2.75, 3.05) is 0 Å². The molecule has 20 heavy (non-hydrogen) atoms. The Kier molecular flexibility index (Phi) is 3.50. The molecule has 3 nitrogen and oxygen atoms in total. The van der Waals surface area contributed by atoms with Gasteiger partial charge in [0.15, 0.2) is 0 Å². The van der Waals surface area contributed by atoms with Gasteiger partial charge in [0, 0.05) is 18.9 Å². The van der Waals surface area contributed by atoms with E-state index in [9.17, 15) is 4.79 Å². The van der Waals surface area contributed by atoms with Crippen molar-refractivity contribution in [2.24, 2.45) is 9.98 Å². The first-order valence-corrected chi connectivity index (χ1v) is 6.57. The van der Waals surface area contributed by atoms with Crippen LogP contribution in [0.3, 0.4) is 0 Å². The first-order valence-electron chi connectivity index (χ1n) is 6.57. The van der Waals surface area contributed by atoms with E-state index in [1.807, 2.05) is 30.3 Å². The van der Waals surface area contributed by atoms with E-state index in [0.29, 0.717) is 6.42 Å². The fourth-order valence-corrected chi connectivity index (χ4v) is 2.23. The summed E-state index contributed by atoms with van der Waals surface area (Å²) in [7, 11) is 0. The summed E-state index contributed by atoms with van der Waals surface area (Å²) in [6.07, 6.45) is 3.63. The highest BCUT2D eigenvalue weighted by Gasteiger charge is 2.17. The largest absolute Gasteiger partial charge is 0.278 e. The number of carbonyl (C=O) groups is 1. The van der Waals surface area contributed by atoms with Crippen molar-refractivity contribution in [1.29, 1.82) is 0 Å². The molecule has 0 bridgehead atoms. The van der Waals surface area contributed by atoms with E-state index in [-0.39, 0.29) is 11.9 Å². The molecule has 98 valence electrons. The van der Waals surface area contributed by atoms with E-state index in [1.54, 1.807) is 6.21 Å². The number of hydrogen-bond acceptors (Lipinski definition) is 2. The number of benzene rings is 2. The molecule has 0 aromatic heterocycles. The molecule has 1 atom stereocenters. The van der Waals surface area contributed by atoms with Gasteiger partial charge in [0.2, 0.25) is 0 Å². The zero-order valence-corrected chi connectivity index (χ0v) is 10.9. The quantitative estimate of drug-likeness (QED) is 0.838. The van der Waals surface area contributed by atoms with Gasteiger partial charge in [0.05, 0.1) is 0 Å². The second-order valence-electron chi connectivity index (χ2n) is 4.70. The molecule has 0 aliphatic carbocycles. The number of hydrogen-bond donors (Lipinski definition) is 0. The molecule has 3 rings (SSSR count). The van der Waals surface area contributed by atoms with Crippen LogP contribution in [0.4, 0.5) is 0 Å². The van der Waals surface area contributed by atoms with Crippen molar-refractivity contribution >= 4 is 18.3 Å². The van der Waals surface area contributed by atoms with Crippen molar-refractivity contribution in [1.82, 2.24) is 0 Å². The summed E-state index contributed by atoms with van der Waals surface area (Å²) in [5, 5.41) is 0. The van der Waals surface area contributed by atoms with Gasteiger partial charge in [-0.2, -0.15) is 0 Å². The fraction of sp³-hybridized carbons (Fsp3) is 0.118. The summed E-state index contributed by atoms with van der Waals surface area (Å²) in [5.74, 6) is -0.167. The Hall–Kier alpha value is -2.55. The number of carbonyl (C=O) groups excluding carboxylic acids is 1.